The van der Waals surface area contributed by atoms with Crippen LogP contribution < -0.4 is 5.73 Å². The van der Waals surface area contributed by atoms with E-state index >= 15 is 0 Å². The van der Waals surface area contributed by atoms with E-state index in [2.05, 4.69) is 24.1 Å². The van der Waals surface area contributed by atoms with Gasteiger partial charge in [-0.05, 0) is 38.1 Å². The van der Waals surface area contributed by atoms with Crippen molar-refractivity contribution in [3.63, 3.8) is 0 Å². The van der Waals surface area contributed by atoms with E-state index in [4.69, 9.17) is 10.7 Å². The minimum Gasteiger partial charge on any atom is -0.329 e. The molecule has 1 saturated heterocycles. The Balaban J connectivity index is 0.00000180. The molecule has 6 heteroatoms. The third-order valence-electron chi connectivity index (χ3n) is 3.90. The summed E-state index contributed by atoms with van der Waals surface area (Å²) in [6.45, 7) is 7.46. The largest absolute Gasteiger partial charge is 0.329 e. The van der Waals surface area contributed by atoms with Gasteiger partial charge in [-0.15, -0.1) is 36.2 Å². The molecule has 0 spiro atoms. The molecular weight excluding hydrogens is 313 g/mol. The molecule has 3 nitrogen and oxygen atoms in total. The first-order chi connectivity index (χ1) is 8.74. The van der Waals surface area contributed by atoms with Crippen molar-refractivity contribution in [2.75, 3.05) is 13.1 Å². The number of hydrogen-bond donors (Lipinski definition) is 1. The molecule has 2 heterocycles. The Bertz CT molecular complexity index is 373. The highest BCUT2D eigenvalue weighted by Gasteiger charge is 2.27. The fourth-order valence-electron chi connectivity index (χ4n) is 2.87. The van der Waals surface area contributed by atoms with Gasteiger partial charge in [-0.2, -0.15) is 0 Å². The third kappa shape index (κ3) is 5.15. The highest BCUT2D eigenvalue weighted by Crippen LogP contribution is 2.24. The van der Waals surface area contributed by atoms with Crippen molar-refractivity contribution >= 4 is 36.2 Å². The molecule has 2 unspecified atom stereocenters. The average Bonchev–Trinajstić information content (AvgIpc) is 2.77. The summed E-state index contributed by atoms with van der Waals surface area (Å²) in [7, 11) is 0. The first-order valence-electron chi connectivity index (χ1n) is 7.12. The molecule has 0 radical (unpaired) electrons. The van der Waals surface area contributed by atoms with Crippen LogP contribution in [0.2, 0.25) is 0 Å². The molecule has 2 rings (SSSR count). The lowest BCUT2D eigenvalue weighted by molar-refractivity contribution is 0.0979. The van der Waals surface area contributed by atoms with Crippen molar-refractivity contribution < 1.29 is 0 Å². The number of nitrogens with two attached hydrogens (primary N) is 1. The molecule has 0 amide bonds. The molecule has 2 N–H and O–H groups in total. The molecule has 1 aromatic rings. The Labute approximate surface area is 139 Å². The monoisotopic (exact) mass is 339 g/mol. The summed E-state index contributed by atoms with van der Waals surface area (Å²) < 4.78 is 0. The summed E-state index contributed by atoms with van der Waals surface area (Å²) in [5.74, 6) is 0.720. The minimum absolute atomic E-state index is 0. The van der Waals surface area contributed by atoms with Gasteiger partial charge in [0.1, 0.15) is 0 Å². The zero-order valence-electron chi connectivity index (χ0n) is 12.4. The Morgan fingerprint density at radius 3 is 2.85 bits per heavy atom. The number of aryl methyl sites for hydroxylation is 1. The zero-order valence-corrected chi connectivity index (χ0v) is 14.8. The second-order valence-corrected chi connectivity index (χ2v) is 6.32. The molecule has 1 aliphatic rings. The quantitative estimate of drug-likeness (QED) is 0.892. The maximum atomic E-state index is 5.93. The van der Waals surface area contributed by atoms with Crippen LogP contribution in [0.25, 0.3) is 0 Å². The van der Waals surface area contributed by atoms with Crippen molar-refractivity contribution in [3.05, 3.63) is 16.1 Å². The summed E-state index contributed by atoms with van der Waals surface area (Å²) in [6, 6.07) is 0.537. The normalized spacial score (nSPS) is 22.9. The highest BCUT2D eigenvalue weighted by molar-refractivity contribution is 7.09. The predicted molar refractivity (Wildman–Crippen MR) is 92.3 cm³/mol. The van der Waals surface area contributed by atoms with Crippen LogP contribution in [0.15, 0.2) is 5.38 Å². The Kier molecular flexibility index (Phi) is 10.0. The van der Waals surface area contributed by atoms with Crippen LogP contribution in [0.3, 0.4) is 0 Å². The van der Waals surface area contributed by atoms with E-state index in [1.807, 2.05) is 0 Å². The van der Waals surface area contributed by atoms with Crippen molar-refractivity contribution in [1.82, 2.24) is 9.88 Å². The van der Waals surface area contributed by atoms with E-state index in [9.17, 15) is 0 Å². The number of hydrogen-bond acceptors (Lipinski definition) is 4. The van der Waals surface area contributed by atoms with Crippen LogP contribution in [0.4, 0.5) is 0 Å². The maximum Gasteiger partial charge on any atom is 0.0928 e. The number of thiazole rings is 1. The van der Waals surface area contributed by atoms with Crippen molar-refractivity contribution in [2.45, 2.75) is 52.1 Å². The smallest absolute Gasteiger partial charge is 0.0928 e. The standard InChI is InChI=1S/C14H25N3S.2ClH/c1-3-5-14-16-12(10-18-14)9-17-7-4-6-11(2)13(17)8-15;;/h10-11,13H,3-9,15H2,1-2H3;2*1H. The SMILES string of the molecule is CCCc1nc(CN2CCCC(C)C2CN)cs1.Cl.Cl. The summed E-state index contributed by atoms with van der Waals surface area (Å²) >= 11 is 1.80. The van der Waals surface area contributed by atoms with Crippen LogP contribution in [-0.4, -0.2) is 29.0 Å². The minimum atomic E-state index is 0. The molecule has 0 aliphatic carbocycles. The van der Waals surface area contributed by atoms with E-state index in [-0.39, 0.29) is 24.8 Å². The van der Waals surface area contributed by atoms with Gasteiger partial charge in [0.25, 0.3) is 0 Å². The number of nitrogens with zero attached hydrogens (tertiary/aromatic N) is 2. The third-order valence-corrected chi connectivity index (χ3v) is 4.86. The van der Waals surface area contributed by atoms with E-state index in [1.165, 1.54) is 36.5 Å². The second kappa shape index (κ2) is 9.96. The molecule has 0 bridgehead atoms. The number of halogens is 2. The lowest BCUT2D eigenvalue weighted by Crippen LogP contribution is -2.48. The molecule has 2 atom stereocenters. The molecule has 0 saturated carbocycles. The average molecular weight is 340 g/mol. The summed E-state index contributed by atoms with van der Waals surface area (Å²) in [5, 5.41) is 3.50. The first-order valence-corrected chi connectivity index (χ1v) is 8.00. The van der Waals surface area contributed by atoms with Gasteiger partial charge in [0.2, 0.25) is 0 Å². The first kappa shape index (κ1) is 20.1. The lowest BCUT2D eigenvalue weighted by atomic mass is 9.91. The second-order valence-electron chi connectivity index (χ2n) is 5.38. The van der Waals surface area contributed by atoms with E-state index in [0.717, 1.165) is 25.4 Å². The summed E-state index contributed by atoms with van der Waals surface area (Å²) in [4.78, 5) is 7.25. The van der Waals surface area contributed by atoms with E-state index in [0.29, 0.717) is 6.04 Å². The van der Waals surface area contributed by atoms with Crippen molar-refractivity contribution in [2.24, 2.45) is 11.7 Å². The zero-order chi connectivity index (χ0) is 13.0. The molecule has 20 heavy (non-hydrogen) atoms. The fraction of sp³-hybridized carbons (Fsp3) is 0.786. The number of likely N-dealkylation sites (tertiary alicyclic amines) is 1. The van der Waals surface area contributed by atoms with Gasteiger partial charge >= 0.3 is 0 Å². The van der Waals surface area contributed by atoms with Crippen LogP contribution in [0, 0.1) is 5.92 Å². The van der Waals surface area contributed by atoms with E-state index < -0.39 is 0 Å². The maximum absolute atomic E-state index is 5.93. The summed E-state index contributed by atoms with van der Waals surface area (Å²) in [5.41, 5.74) is 7.16. The Morgan fingerprint density at radius 1 is 1.45 bits per heavy atom. The molecular formula is C14H27Cl2N3S. The molecule has 1 aromatic heterocycles. The van der Waals surface area contributed by atoms with Crippen molar-refractivity contribution in [3.8, 4) is 0 Å². The predicted octanol–water partition coefficient (Wildman–Crippen LogP) is 3.50. The lowest BCUT2D eigenvalue weighted by Gasteiger charge is -2.39. The van der Waals surface area contributed by atoms with Gasteiger partial charge in [0.05, 0.1) is 10.7 Å². The molecule has 0 aromatic carbocycles. The van der Waals surface area contributed by atoms with Gasteiger partial charge in [-0.25, -0.2) is 4.98 Å². The van der Waals surface area contributed by atoms with Crippen LogP contribution >= 0.6 is 36.2 Å². The Morgan fingerprint density at radius 2 is 2.20 bits per heavy atom. The van der Waals surface area contributed by atoms with Gasteiger partial charge in [-0.1, -0.05) is 13.8 Å². The Hall–Kier alpha value is 0.130. The molecule has 1 fully saturated rings. The van der Waals surface area contributed by atoms with Crippen LogP contribution in [0.5, 0.6) is 0 Å². The summed E-state index contributed by atoms with van der Waals surface area (Å²) in [6.07, 6.45) is 4.90. The van der Waals surface area contributed by atoms with Crippen LogP contribution in [0.1, 0.15) is 43.8 Å². The number of piperidine rings is 1. The number of rotatable bonds is 5. The van der Waals surface area contributed by atoms with Crippen LogP contribution in [-0.2, 0) is 13.0 Å². The van der Waals surface area contributed by atoms with Gasteiger partial charge in [-0.3, -0.25) is 4.90 Å². The van der Waals surface area contributed by atoms with Gasteiger partial charge in [0, 0.05) is 24.5 Å². The van der Waals surface area contributed by atoms with Gasteiger partial charge < -0.3 is 5.73 Å². The van der Waals surface area contributed by atoms with Crippen molar-refractivity contribution in [1.29, 1.82) is 0 Å². The fourth-order valence-corrected chi connectivity index (χ4v) is 3.76. The number of aromatic nitrogens is 1. The van der Waals surface area contributed by atoms with Gasteiger partial charge in [0.15, 0.2) is 0 Å². The van der Waals surface area contributed by atoms with E-state index in [1.54, 1.807) is 11.3 Å². The highest BCUT2D eigenvalue weighted by atomic mass is 35.5. The molecule has 118 valence electrons. The molecule has 1 aliphatic heterocycles. The topological polar surface area (TPSA) is 42.2 Å².